The van der Waals surface area contributed by atoms with Crippen molar-refractivity contribution in [2.45, 2.75) is 20.3 Å². The van der Waals surface area contributed by atoms with Crippen LogP contribution in [0, 0.1) is 6.92 Å². The molecule has 0 heterocycles. The molecule has 4 nitrogen and oxygen atoms in total. The molecule has 0 atom stereocenters. The van der Waals surface area contributed by atoms with Crippen molar-refractivity contribution >= 4 is 11.7 Å². The molecule has 94 valence electrons. The molecule has 0 unspecified atom stereocenters. The molecule has 0 radical (unpaired) electrons. The zero-order chi connectivity index (χ0) is 12.8. The summed E-state index contributed by atoms with van der Waals surface area (Å²) in [4.78, 5) is 12.9. The molecule has 0 aliphatic carbocycles. The molecule has 0 aliphatic rings. The Hall–Kier alpha value is -1.55. The Balaban J connectivity index is 2.99. The molecule has 0 bridgehead atoms. The van der Waals surface area contributed by atoms with E-state index >= 15 is 0 Å². The van der Waals surface area contributed by atoms with E-state index in [2.05, 4.69) is 11.8 Å². The molecule has 0 amide bonds. The van der Waals surface area contributed by atoms with Gasteiger partial charge in [0.15, 0.2) is 0 Å². The summed E-state index contributed by atoms with van der Waals surface area (Å²) in [5.41, 5.74) is 2.21. The van der Waals surface area contributed by atoms with Crippen LogP contribution in [0.25, 0.3) is 0 Å². The molecule has 0 fully saturated rings. The number of aliphatic hydroxyl groups excluding tert-OH is 1. The molecule has 0 saturated carbocycles. The van der Waals surface area contributed by atoms with Gasteiger partial charge in [-0.1, -0.05) is 6.92 Å². The van der Waals surface area contributed by atoms with E-state index in [1.165, 1.54) is 0 Å². The molecule has 1 rings (SSSR count). The van der Waals surface area contributed by atoms with Gasteiger partial charge in [-0.25, -0.2) is 4.79 Å². The van der Waals surface area contributed by atoms with Crippen LogP contribution in [0.3, 0.4) is 0 Å². The van der Waals surface area contributed by atoms with Crippen LogP contribution in [0.1, 0.15) is 29.3 Å². The number of nitrogens with zero attached hydrogens (tertiary/aromatic N) is 1. The minimum absolute atomic E-state index is 0.0973. The van der Waals surface area contributed by atoms with Crippen LogP contribution in [-0.2, 0) is 0 Å². The Labute approximate surface area is 101 Å². The third kappa shape index (κ3) is 3.46. The molecule has 0 aliphatic heterocycles. The monoisotopic (exact) mass is 237 g/mol. The van der Waals surface area contributed by atoms with E-state index in [4.69, 9.17) is 10.2 Å². The summed E-state index contributed by atoms with van der Waals surface area (Å²) in [6.45, 7) is 5.49. The predicted molar refractivity (Wildman–Crippen MR) is 67.7 cm³/mol. The zero-order valence-corrected chi connectivity index (χ0v) is 10.3. The van der Waals surface area contributed by atoms with Crippen molar-refractivity contribution in [1.82, 2.24) is 0 Å². The number of carbonyl (C=O) groups is 1. The summed E-state index contributed by atoms with van der Waals surface area (Å²) in [6.07, 6.45) is 0.986. The average molecular weight is 237 g/mol. The van der Waals surface area contributed by atoms with Gasteiger partial charge in [0.1, 0.15) is 0 Å². The van der Waals surface area contributed by atoms with Crippen LogP contribution >= 0.6 is 0 Å². The lowest BCUT2D eigenvalue weighted by atomic mass is 10.1. The van der Waals surface area contributed by atoms with Crippen molar-refractivity contribution in [1.29, 1.82) is 0 Å². The number of carboxylic acid groups (broad SMARTS) is 1. The molecular formula is C13H19NO3. The summed E-state index contributed by atoms with van der Waals surface area (Å²) in [5.74, 6) is -0.913. The summed E-state index contributed by atoms with van der Waals surface area (Å²) in [7, 11) is 0. The zero-order valence-electron chi connectivity index (χ0n) is 10.3. The third-order valence-electron chi connectivity index (χ3n) is 2.65. The SMILES string of the molecule is CCCN(CCO)c1ccc(C(=O)O)cc1C. The highest BCUT2D eigenvalue weighted by molar-refractivity contribution is 5.88. The maximum absolute atomic E-state index is 10.8. The van der Waals surface area contributed by atoms with Gasteiger partial charge in [-0.2, -0.15) is 0 Å². The average Bonchev–Trinajstić information content (AvgIpc) is 2.28. The van der Waals surface area contributed by atoms with Crippen molar-refractivity contribution < 1.29 is 15.0 Å². The minimum atomic E-state index is -0.913. The number of anilines is 1. The Bertz CT molecular complexity index is 384. The lowest BCUT2D eigenvalue weighted by molar-refractivity contribution is 0.0697. The second-order valence-corrected chi connectivity index (χ2v) is 4.02. The van der Waals surface area contributed by atoms with Gasteiger partial charge in [0.2, 0.25) is 0 Å². The van der Waals surface area contributed by atoms with Crippen molar-refractivity contribution in [3.8, 4) is 0 Å². The number of hydrogen-bond acceptors (Lipinski definition) is 3. The first kappa shape index (κ1) is 13.5. The van der Waals surface area contributed by atoms with Crippen LogP contribution in [-0.4, -0.2) is 35.9 Å². The first-order valence-electron chi connectivity index (χ1n) is 5.80. The second-order valence-electron chi connectivity index (χ2n) is 4.02. The fourth-order valence-electron chi connectivity index (χ4n) is 1.89. The summed E-state index contributed by atoms with van der Waals surface area (Å²) < 4.78 is 0. The molecular weight excluding hydrogens is 218 g/mol. The van der Waals surface area contributed by atoms with E-state index in [9.17, 15) is 4.79 Å². The number of benzene rings is 1. The smallest absolute Gasteiger partial charge is 0.335 e. The minimum Gasteiger partial charge on any atom is -0.478 e. The first-order valence-corrected chi connectivity index (χ1v) is 5.80. The third-order valence-corrected chi connectivity index (χ3v) is 2.65. The maximum atomic E-state index is 10.8. The van der Waals surface area contributed by atoms with Crippen molar-refractivity contribution in [2.24, 2.45) is 0 Å². The van der Waals surface area contributed by atoms with Crippen molar-refractivity contribution in [2.75, 3.05) is 24.6 Å². The van der Waals surface area contributed by atoms with E-state index in [0.29, 0.717) is 12.1 Å². The molecule has 17 heavy (non-hydrogen) atoms. The number of carboxylic acids is 1. The molecule has 1 aromatic carbocycles. The van der Waals surface area contributed by atoms with Gasteiger partial charge in [0, 0.05) is 18.8 Å². The highest BCUT2D eigenvalue weighted by atomic mass is 16.4. The largest absolute Gasteiger partial charge is 0.478 e. The predicted octanol–water partition coefficient (Wildman–Crippen LogP) is 1.90. The van der Waals surface area contributed by atoms with Gasteiger partial charge in [0.25, 0.3) is 0 Å². The second kappa shape index (κ2) is 6.25. The molecule has 0 saturated heterocycles. The Morgan fingerprint density at radius 3 is 2.53 bits per heavy atom. The summed E-state index contributed by atoms with van der Waals surface area (Å²) >= 11 is 0. The van der Waals surface area contributed by atoms with Crippen LogP contribution in [0.15, 0.2) is 18.2 Å². The molecule has 1 aromatic rings. The van der Waals surface area contributed by atoms with Gasteiger partial charge >= 0.3 is 5.97 Å². The number of aromatic carboxylic acids is 1. The molecule has 0 aromatic heterocycles. The number of hydrogen-bond donors (Lipinski definition) is 2. The van der Waals surface area contributed by atoms with E-state index in [0.717, 1.165) is 24.2 Å². The van der Waals surface area contributed by atoms with Gasteiger partial charge in [-0.05, 0) is 37.1 Å². The van der Waals surface area contributed by atoms with Crippen LogP contribution in [0.4, 0.5) is 5.69 Å². The molecule has 2 N–H and O–H groups in total. The van der Waals surface area contributed by atoms with Gasteiger partial charge in [-0.15, -0.1) is 0 Å². The summed E-state index contributed by atoms with van der Waals surface area (Å²) in [6, 6.07) is 5.08. The Morgan fingerprint density at radius 2 is 2.06 bits per heavy atom. The van der Waals surface area contributed by atoms with E-state index in [1.54, 1.807) is 12.1 Å². The van der Waals surface area contributed by atoms with Crippen molar-refractivity contribution in [3.63, 3.8) is 0 Å². The fourth-order valence-corrected chi connectivity index (χ4v) is 1.89. The Kier molecular flexibility index (Phi) is 4.97. The first-order chi connectivity index (χ1) is 8.10. The highest BCUT2D eigenvalue weighted by Crippen LogP contribution is 2.21. The quantitative estimate of drug-likeness (QED) is 0.793. The van der Waals surface area contributed by atoms with Crippen molar-refractivity contribution in [3.05, 3.63) is 29.3 Å². The van der Waals surface area contributed by atoms with Crippen LogP contribution < -0.4 is 4.90 Å². The van der Waals surface area contributed by atoms with E-state index in [-0.39, 0.29) is 6.61 Å². The van der Waals surface area contributed by atoms with Gasteiger partial charge in [0.05, 0.1) is 12.2 Å². The normalized spacial score (nSPS) is 10.3. The van der Waals surface area contributed by atoms with Crippen LogP contribution in [0.2, 0.25) is 0 Å². The number of aryl methyl sites for hydroxylation is 1. The number of rotatable bonds is 6. The van der Waals surface area contributed by atoms with E-state index in [1.807, 2.05) is 13.0 Å². The highest BCUT2D eigenvalue weighted by Gasteiger charge is 2.10. The standard InChI is InChI=1S/C13H19NO3/c1-3-6-14(7-8-15)12-5-4-11(13(16)17)9-10(12)2/h4-5,9,15H,3,6-8H2,1-2H3,(H,16,17). The topological polar surface area (TPSA) is 60.8 Å². The lowest BCUT2D eigenvalue weighted by Crippen LogP contribution is -2.28. The summed E-state index contributed by atoms with van der Waals surface area (Å²) in [5, 5.41) is 17.9. The molecule has 4 heteroatoms. The van der Waals surface area contributed by atoms with Gasteiger partial charge in [-0.3, -0.25) is 0 Å². The van der Waals surface area contributed by atoms with Gasteiger partial charge < -0.3 is 15.1 Å². The van der Waals surface area contributed by atoms with Crippen LogP contribution in [0.5, 0.6) is 0 Å². The lowest BCUT2D eigenvalue weighted by Gasteiger charge is -2.25. The number of aliphatic hydroxyl groups is 1. The Morgan fingerprint density at radius 1 is 1.35 bits per heavy atom. The molecule has 0 spiro atoms. The fraction of sp³-hybridized carbons (Fsp3) is 0.462. The van der Waals surface area contributed by atoms with E-state index < -0.39 is 5.97 Å². The maximum Gasteiger partial charge on any atom is 0.335 e.